The second-order valence-electron chi connectivity index (χ2n) is 7.11. The third kappa shape index (κ3) is 4.73. The van der Waals surface area contributed by atoms with E-state index < -0.39 is 0 Å². The van der Waals surface area contributed by atoms with Gasteiger partial charge in [0.1, 0.15) is 10.8 Å². The number of esters is 1. The van der Waals surface area contributed by atoms with Crippen molar-refractivity contribution < 1.29 is 19.1 Å². The van der Waals surface area contributed by atoms with Crippen molar-refractivity contribution in [1.29, 1.82) is 0 Å². The Morgan fingerprint density at radius 3 is 2.86 bits per heavy atom. The fraction of sp³-hybridized carbons (Fsp3) is 0.455. The van der Waals surface area contributed by atoms with Crippen molar-refractivity contribution in [1.82, 2.24) is 0 Å². The average Bonchev–Trinajstić information content (AvgIpc) is 3.03. The molecule has 0 aliphatic heterocycles. The second-order valence-corrected chi connectivity index (χ2v) is 8.22. The highest BCUT2D eigenvalue weighted by molar-refractivity contribution is 7.17. The normalized spacial score (nSPS) is 15.6. The van der Waals surface area contributed by atoms with Gasteiger partial charge in [-0.1, -0.05) is 26.0 Å². The zero-order valence-electron chi connectivity index (χ0n) is 16.7. The first-order valence-electron chi connectivity index (χ1n) is 9.85. The molecule has 0 saturated carbocycles. The number of thiophene rings is 1. The highest BCUT2D eigenvalue weighted by Gasteiger charge is 2.29. The summed E-state index contributed by atoms with van der Waals surface area (Å²) in [6.07, 6.45) is 3.73. The van der Waals surface area contributed by atoms with E-state index in [4.69, 9.17) is 9.47 Å². The van der Waals surface area contributed by atoms with E-state index in [-0.39, 0.29) is 18.5 Å². The van der Waals surface area contributed by atoms with Gasteiger partial charge in [-0.05, 0) is 61.8 Å². The summed E-state index contributed by atoms with van der Waals surface area (Å²) in [5, 5.41) is 3.45. The van der Waals surface area contributed by atoms with Crippen molar-refractivity contribution in [3.8, 4) is 5.75 Å². The number of aryl methyl sites for hydroxylation is 1. The number of ether oxygens (including phenoxy) is 2. The molecule has 0 radical (unpaired) electrons. The molecule has 1 amide bonds. The van der Waals surface area contributed by atoms with Crippen LogP contribution >= 0.6 is 11.3 Å². The van der Waals surface area contributed by atoms with Crippen LogP contribution in [-0.4, -0.2) is 25.1 Å². The first-order valence-corrected chi connectivity index (χ1v) is 10.7. The summed E-state index contributed by atoms with van der Waals surface area (Å²) < 4.78 is 10.9. The molecule has 1 atom stereocenters. The van der Waals surface area contributed by atoms with Gasteiger partial charge in [0.15, 0.2) is 6.61 Å². The van der Waals surface area contributed by atoms with Gasteiger partial charge in [0.2, 0.25) is 0 Å². The lowest BCUT2D eigenvalue weighted by atomic mass is 9.88. The highest BCUT2D eigenvalue weighted by atomic mass is 32.1. The summed E-state index contributed by atoms with van der Waals surface area (Å²) in [6, 6.07) is 7.71. The molecular weight excluding hydrogens is 374 g/mol. The zero-order chi connectivity index (χ0) is 20.1. The third-order valence-corrected chi connectivity index (χ3v) is 6.09. The van der Waals surface area contributed by atoms with Gasteiger partial charge in [0, 0.05) is 4.88 Å². The van der Waals surface area contributed by atoms with Gasteiger partial charge in [-0.15, -0.1) is 11.3 Å². The fourth-order valence-corrected chi connectivity index (χ4v) is 4.84. The van der Waals surface area contributed by atoms with Crippen molar-refractivity contribution in [3.63, 3.8) is 0 Å². The minimum atomic E-state index is -0.360. The molecule has 3 rings (SSSR count). The van der Waals surface area contributed by atoms with E-state index in [1.165, 1.54) is 16.2 Å². The molecule has 1 heterocycles. The molecule has 1 N–H and O–H groups in total. The molecule has 5 nitrogen and oxygen atoms in total. The van der Waals surface area contributed by atoms with Crippen LogP contribution in [0.25, 0.3) is 0 Å². The van der Waals surface area contributed by atoms with E-state index in [1.807, 2.05) is 24.3 Å². The van der Waals surface area contributed by atoms with Gasteiger partial charge in [0.25, 0.3) is 5.91 Å². The van der Waals surface area contributed by atoms with E-state index in [1.54, 1.807) is 6.92 Å². The highest BCUT2D eigenvalue weighted by Crippen LogP contribution is 2.40. The largest absolute Gasteiger partial charge is 0.484 e. The molecule has 2 aromatic rings. The van der Waals surface area contributed by atoms with Crippen LogP contribution in [0, 0.1) is 5.92 Å². The molecule has 0 saturated heterocycles. The topological polar surface area (TPSA) is 64.6 Å². The van der Waals surface area contributed by atoms with Crippen molar-refractivity contribution in [2.24, 2.45) is 5.92 Å². The van der Waals surface area contributed by atoms with Gasteiger partial charge in [-0.25, -0.2) is 4.79 Å². The SMILES string of the molecule is CCOC(=O)c1c(NC(=O)COc2cccc(CC)c2)sc2c1CCC(C)C2. The molecule has 0 spiro atoms. The second kappa shape index (κ2) is 9.24. The molecule has 150 valence electrons. The summed E-state index contributed by atoms with van der Waals surface area (Å²) >= 11 is 1.49. The Morgan fingerprint density at radius 1 is 1.29 bits per heavy atom. The van der Waals surface area contributed by atoms with Gasteiger partial charge >= 0.3 is 5.97 Å². The lowest BCUT2D eigenvalue weighted by Crippen LogP contribution is -2.21. The monoisotopic (exact) mass is 401 g/mol. The minimum Gasteiger partial charge on any atom is -0.484 e. The number of carbonyl (C=O) groups excluding carboxylic acids is 2. The van der Waals surface area contributed by atoms with Crippen LogP contribution in [-0.2, 0) is 28.8 Å². The number of hydrogen-bond acceptors (Lipinski definition) is 5. The van der Waals surface area contributed by atoms with Crippen LogP contribution in [0.4, 0.5) is 5.00 Å². The van der Waals surface area contributed by atoms with E-state index in [9.17, 15) is 9.59 Å². The lowest BCUT2D eigenvalue weighted by Gasteiger charge is -2.18. The smallest absolute Gasteiger partial charge is 0.341 e. The van der Waals surface area contributed by atoms with E-state index in [0.717, 1.165) is 36.8 Å². The molecule has 28 heavy (non-hydrogen) atoms. The number of nitrogens with one attached hydrogen (secondary N) is 1. The number of fused-ring (bicyclic) bond motifs is 1. The van der Waals surface area contributed by atoms with E-state index in [0.29, 0.717) is 28.8 Å². The lowest BCUT2D eigenvalue weighted by molar-refractivity contribution is -0.118. The Bertz CT molecular complexity index is 858. The molecule has 1 aliphatic rings. The number of hydrogen-bond donors (Lipinski definition) is 1. The molecule has 0 bridgehead atoms. The Balaban J connectivity index is 1.73. The number of rotatable bonds is 7. The summed E-state index contributed by atoms with van der Waals surface area (Å²) in [6.45, 7) is 6.28. The Hall–Kier alpha value is -2.34. The molecule has 1 aromatic heterocycles. The van der Waals surface area contributed by atoms with Crippen LogP contribution in [0.1, 0.15) is 53.6 Å². The van der Waals surface area contributed by atoms with Crippen molar-refractivity contribution >= 4 is 28.2 Å². The van der Waals surface area contributed by atoms with Crippen LogP contribution in [0.5, 0.6) is 5.75 Å². The molecule has 0 fully saturated rings. The molecule has 1 aliphatic carbocycles. The quantitative estimate of drug-likeness (QED) is 0.687. The number of carbonyl (C=O) groups is 2. The maximum Gasteiger partial charge on any atom is 0.341 e. The zero-order valence-corrected chi connectivity index (χ0v) is 17.5. The number of amides is 1. The third-order valence-electron chi connectivity index (χ3n) is 4.92. The summed E-state index contributed by atoms with van der Waals surface area (Å²) in [7, 11) is 0. The number of anilines is 1. The predicted octanol–water partition coefficient (Wildman–Crippen LogP) is 4.63. The molecule has 6 heteroatoms. The molecule has 1 aromatic carbocycles. The van der Waals surface area contributed by atoms with Crippen LogP contribution in [0.3, 0.4) is 0 Å². The van der Waals surface area contributed by atoms with Crippen molar-refractivity contribution in [3.05, 3.63) is 45.8 Å². The first-order chi connectivity index (χ1) is 13.5. The van der Waals surface area contributed by atoms with Crippen LogP contribution in [0.15, 0.2) is 24.3 Å². The maximum atomic E-state index is 12.5. The Morgan fingerprint density at radius 2 is 2.11 bits per heavy atom. The van der Waals surface area contributed by atoms with Gasteiger partial charge in [-0.2, -0.15) is 0 Å². The Labute approximate surface area is 170 Å². The average molecular weight is 402 g/mol. The van der Waals surface area contributed by atoms with Crippen molar-refractivity contribution in [2.75, 3.05) is 18.5 Å². The maximum absolute atomic E-state index is 12.5. The fourth-order valence-electron chi connectivity index (χ4n) is 3.42. The molecule has 1 unspecified atom stereocenters. The standard InChI is InChI=1S/C22H27NO4S/c1-4-15-7-6-8-16(12-15)27-13-19(24)23-21-20(22(25)26-5-2)17-10-9-14(3)11-18(17)28-21/h6-8,12,14H,4-5,9-11,13H2,1-3H3,(H,23,24). The number of benzene rings is 1. The van der Waals surface area contributed by atoms with E-state index in [2.05, 4.69) is 19.2 Å². The first kappa shape index (κ1) is 20.4. The van der Waals surface area contributed by atoms with Crippen LogP contribution < -0.4 is 10.1 Å². The van der Waals surface area contributed by atoms with Gasteiger partial charge < -0.3 is 14.8 Å². The minimum absolute atomic E-state index is 0.103. The summed E-state index contributed by atoms with van der Waals surface area (Å²) in [4.78, 5) is 26.2. The summed E-state index contributed by atoms with van der Waals surface area (Å²) in [5.41, 5.74) is 2.71. The predicted molar refractivity (Wildman–Crippen MR) is 111 cm³/mol. The van der Waals surface area contributed by atoms with Crippen LogP contribution in [0.2, 0.25) is 0 Å². The van der Waals surface area contributed by atoms with Gasteiger partial charge in [0.05, 0.1) is 12.2 Å². The summed E-state index contributed by atoms with van der Waals surface area (Å²) in [5.74, 6) is 0.610. The van der Waals surface area contributed by atoms with E-state index >= 15 is 0 Å². The van der Waals surface area contributed by atoms with Crippen molar-refractivity contribution in [2.45, 2.75) is 46.5 Å². The Kier molecular flexibility index (Phi) is 6.73. The molecular formula is C22H27NO4S. The van der Waals surface area contributed by atoms with Gasteiger partial charge in [-0.3, -0.25) is 4.79 Å².